The number of para-hydroxylation sites is 1. The molecule has 0 radical (unpaired) electrons. The normalized spacial score (nSPS) is 16.7. The predicted molar refractivity (Wildman–Crippen MR) is 138 cm³/mol. The average Bonchev–Trinajstić information content (AvgIpc) is 3.34. The van der Waals surface area contributed by atoms with Gasteiger partial charge in [0.05, 0.1) is 5.56 Å². The lowest BCUT2D eigenvalue weighted by molar-refractivity contribution is 0.0622. The molecule has 2 aliphatic rings. The zero-order chi connectivity index (χ0) is 24.8. The third-order valence-corrected chi connectivity index (χ3v) is 6.59. The molecule has 6 nitrogen and oxygen atoms in total. The average molecular weight is 477 g/mol. The molecule has 35 heavy (non-hydrogen) atoms. The second kappa shape index (κ2) is 11.5. The summed E-state index contributed by atoms with van der Waals surface area (Å²) in [5.74, 6) is 2.29. The van der Waals surface area contributed by atoms with E-state index in [-0.39, 0.29) is 18.8 Å². The lowest BCUT2D eigenvalue weighted by Gasteiger charge is -2.35. The van der Waals surface area contributed by atoms with Gasteiger partial charge in [-0.05, 0) is 63.1 Å². The topological polar surface area (TPSA) is 51.2 Å². The van der Waals surface area contributed by atoms with Crippen LogP contribution in [-0.4, -0.2) is 54.8 Å². The highest BCUT2D eigenvalue weighted by Crippen LogP contribution is 2.33. The quantitative estimate of drug-likeness (QED) is 0.475. The summed E-state index contributed by atoms with van der Waals surface area (Å²) in [6, 6.07) is 13.7. The molecule has 0 aliphatic carbocycles. The number of allylic oxidation sites excluding steroid dienone is 2. The molecule has 2 aliphatic heterocycles. The largest absolute Gasteiger partial charge is 0.485 e. The summed E-state index contributed by atoms with van der Waals surface area (Å²) >= 11 is 0. The Labute approximate surface area is 208 Å². The van der Waals surface area contributed by atoms with Crippen LogP contribution in [0.2, 0.25) is 0 Å². The third-order valence-electron chi connectivity index (χ3n) is 6.59. The number of nitrogens with zero attached hydrogens (tertiary/aromatic N) is 2. The van der Waals surface area contributed by atoms with Crippen molar-refractivity contribution >= 4 is 5.91 Å². The van der Waals surface area contributed by atoms with Gasteiger partial charge in [-0.25, -0.2) is 0 Å². The van der Waals surface area contributed by atoms with Gasteiger partial charge in [0.25, 0.3) is 5.91 Å². The summed E-state index contributed by atoms with van der Waals surface area (Å²) in [5, 5.41) is 0. The summed E-state index contributed by atoms with van der Waals surface area (Å²) in [5.41, 5.74) is 4.23. The van der Waals surface area contributed by atoms with Crippen molar-refractivity contribution in [2.75, 3.05) is 33.0 Å². The number of fused-ring (bicyclic) bond motifs is 1. The first-order chi connectivity index (χ1) is 16.9. The van der Waals surface area contributed by atoms with E-state index in [0.29, 0.717) is 24.4 Å². The Kier molecular flexibility index (Phi) is 8.13. The maximum Gasteiger partial charge on any atom is 0.257 e. The molecule has 1 atom stereocenters. The molecule has 1 saturated heterocycles. The van der Waals surface area contributed by atoms with E-state index in [1.165, 1.54) is 11.1 Å². The molecular formula is C29H36N2O4. The summed E-state index contributed by atoms with van der Waals surface area (Å²) in [6.45, 7) is 12.4. The van der Waals surface area contributed by atoms with Crippen LogP contribution in [0, 0.1) is 0 Å². The van der Waals surface area contributed by atoms with Crippen molar-refractivity contribution < 1.29 is 19.0 Å². The Morgan fingerprint density at radius 2 is 1.77 bits per heavy atom. The van der Waals surface area contributed by atoms with Gasteiger partial charge in [0.1, 0.15) is 11.9 Å². The molecule has 4 rings (SSSR count). The second-order valence-electron chi connectivity index (χ2n) is 9.41. The molecule has 0 spiro atoms. The minimum atomic E-state index is -0.0950. The van der Waals surface area contributed by atoms with Crippen LogP contribution in [0.5, 0.6) is 17.2 Å². The summed E-state index contributed by atoms with van der Waals surface area (Å²) in [4.78, 5) is 17.8. The Balaban J connectivity index is 1.39. The van der Waals surface area contributed by atoms with Gasteiger partial charge in [0, 0.05) is 39.1 Å². The molecule has 0 saturated carbocycles. The van der Waals surface area contributed by atoms with E-state index in [0.717, 1.165) is 43.1 Å². The number of rotatable bonds is 8. The highest BCUT2D eigenvalue weighted by atomic mass is 16.7. The first-order valence-electron chi connectivity index (χ1n) is 12.4. The Hall–Kier alpha value is -3.25. The number of ether oxygens (including phenoxy) is 3. The summed E-state index contributed by atoms with van der Waals surface area (Å²) in [6.07, 6.45) is 4.94. The molecule has 2 aromatic carbocycles. The summed E-state index contributed by atoms with van der Waals surface area (Å²) in [7, 11) is 0. The van der Waals surface area contributed by atoms with Crippen LogP contribution in [0.1, 0.15) is 50.0 Å². The molecular weight excluding hydrogens is 440 g/mol. The van der Waals surface area contributed by atoms with Crippen molar-refractivity contribution in [2.45, 2.75) is 46.8 Å². The van der Waals surface area contributed by atoms with Crippen LogP contribution < -0.4 is 14.2 Å². The standard InChI is InChI=1S/C29H36N2O4/c1-5-22(4)25(12-10-21(2)3)35-26-9-7-6-8-24(26)29(32)31-16-14-30(15-17-31)19-23-11-13-27-28(18-23)34-20-33-27/h5-11,13,18,25H,12,14-17,19-20H2,1-4H3/b22-5+. The SMILES string of the molecule is C/C=C(\C)C(CC=C(C)C)Oc1ccccc1C(=O)N1CCN(Cc2ccc3c(c2)OCO3)CC1. The summed E-state index contributed by atoms with van der Waals surface area (Å²) < 4.78 is 17.3. The zero-order valence-electron chi connectivity index (χ0n) is 21.3. The number of hydrogen-bond donors (Lipinski definition) is 0. The van der Waals surface area contributed by atoms with Crippen molar-refractivity contribution in [1.82, 2.24) is 9.80 Å². The lowest BCUT2D eigenvalue weighted by Crippen LogP contribution is -2.48. The molecule has 186 valence electrons. The van der Waals surface area contributed by atoms with E-state index in [9.17, 15) is 4.79 Å². The van der Waals surface area contributed by atoms with Crippen LogP contribution in [0.4, 0.5) is 0 Å². The van der Waals surface area contributed by atoms with E-state index in [1.807, 2.05) is 48.2 Å². The fourth-order valence-corrected chi connectivity index (χ4v) is 4.33. The minimum Gasteiger partial charge on any atom is -0.485 e. The fraction of sp³-hybridized carbons (Fsp3) is 0.414. The van der Waals surface area contributed by atoms with Crippen molar-refractivity contribution in [1.29, 1.82) is 0 Å². The van der Waals surface area contributed by atoms with Crippen molar-refractivity contribution in [3.63, 3.8) is 0 Å². The van der Waals surface area contributed by atoms with Gasteiger partial charge in [-0.1, -0.05) is 35.9 Å². The van der Waals surface area contributed by atoms with Crippen molar-refractivity contribution in [3.05, 3.63) is 76.9 Å². The van der Waals surface area contributed by atoms with Crippen LogP contribution >= 0.6 is 0 Å². The number of piperazine rings is 1. The first-order valence-corrected chi connectivity index (χ1v) is 12.4. The maximum atomic E-state index is 13.5. The van der Waals surface area contributed by atoms with Crippen molar-refractivity contribution in [3.8, 4) is 17.2 Å². The van der Waals surface area contributed by atoms with Gasteiger partial charge < -0.3 is 19.1 Å². The second-order valence-corrected chi connectivity index (χ2v) is 9.41. The first kappa shape index (κ1) is 24.9. The van der Waals surface area contributed by atoms with Gasteiger partial charge in [0.15, 0.2) is 11.5 Å². The highest BCUT2D eigenvalue weighted by molar-refractivity contribution is 5.97. The van der Waals surface area contributed by atoms with E-state index >= 15 is 0 Å². The smallest absolute Gasteiger partial charge is 0.257 e. The molecule has 1 unspecified atom stereocenters. The minimum absolute atomic E-state index is 0.0300. The molecule has 0 bridgehead atoms. The molecule has 1 amide bonds. The number of hydrogen-bond acceptors (Lipinski definition) is 5. The molecule has 2 heterocycles. The van der Waals surface area contributed by atoms with E-state index in [4.69, 9.17) is 14.2 Å². The third kappa shape index (κ3) is 6.25. The molecule has 0 aromatic heterocycles. The van der Waals surface area contributed by atoms with Crippen LogP contribution in [0.3, 0.4) is 0 Å². The van der Waals surface area contributed by atoms with Gasteiger partial charge in [-0.3, -0.25) is 9.69 Å². The molecule has 2 aromatic rings. The number of carbonyl (C=O) groups is 1. The lowest BCUT2D eigenvalue weighted by atomic mass is 10.1. The van der Waals surface area contributed by atoms with E-state index in [2.05, 4.69) is 43.9 Å². The Morgan fingerprint density at radius 1 is 1.03 bits per heavy atom. The van der Waals surface area contributed by atoms with Crippen LogP contribution in [0.15, 0.2) is 65.8 Å². The molecule has 1 fully saturated rings. The number of benzene rings is 2. The molecule has 6 heteroatoms. The Bertz CT molecular complexity index is 1100. The van der Waals surface area contributed by atoms with Gasteiger partial charge in [-0.2, -0.15) is 0 Å². The zero-order valence-corrected chi connectivity index (χ0v) is 21.3. The van der Waals surface area contributed by atoms with Gasteiger partial charge >= 0.3 is 0 Å². The predicted octanol–water partition coefficient (Wildman–Crippen LogP) is 5.44. The van der Waals surface area contributed by atoms with Gasteiger partial charge in [-0.15, -0.1) is 0 Å². The number of amides is 1. The fourth-order valence-electron chi connectivity index (χ4n) is 4.33. The Morgan fingerprint density at radius 3 is 2.51 bits per heavy atom. The van der Waals surface area contributed by atoms with Crippen LogP contribution in [0.25, 0.3) is 0 Å². The molecule has 0 N–H and O–H groups in total. The monoisotopic (exact) mass is 476 g/mol. The maximum absolute atomic E-state index is 13.5. The van der Waals surface area contributed by atoms with E-state index in [1.54, 1.807) is 0 Å². The van der Waals surface area contributed by atoms with Crippen molar-refractivity contribution in [2.24, 2.45) is 0 Å². The van der Waals surface area contributed by atoms with E-state index < -0.39 is 0 Å². The number of carbonyl (C=O) groups excluding carboxylic acids is 1. The highest BCUT2D eigenvalue weighted by Gasteiger charge is 2.25. The van der Waals surface area contributed by atoms with Crippen LogP contribution in [-0.2, 0) is 6.54 Å². The van der Waals surface area contributed by atoms with Gasteiger partial charge in [0.2, 0.25) is 6.79 Å².